The second-order valence-electron chi connectivity index (χ2n) is 5.51. The van der Waals surface area contributed by atoms with Gasteiger partial charge < -0.3 is 0 Å². The van der Waals surface area contributed by atoms with E-state index in [9.17, 15) is 0 Å². The summed E-state index contributed by atoms with van der Waals surface area (Å²) < 4.78 is 0. The molecule has 108 valence electrons. The molecule has 21 heavy (non-hydrogen) atoms. The summed E-state index contributed by atoms with van der Waals surface area (Å²) >= 11 is 0. The van der Waals surface area contributed by atoms with Crippen LogP contribution in [0.1, 0.15) is 30.7 Å². The van der Waals surface area contributed by atoms with E-state index in [1.54, 1.807) is 0 Å². The van der Waals surface area contributed by atoms with Crippen LogP contribution in [0.25, 0.3) is 16.8 Å². The van der Waals surface area contributed by atoms with Crippen molar-refractivity contribution in [3.05, 3.63) is 59.9 Å². The van der Waals surface area contributed by atoms with E-state index in [-0.39, 0.29) is 6.04 Å². The first kappa shape index (κ1) is 15.1. The number of aryl methyl sites for hydroxylation is 2. The molecule has 0 aliphatic rings. The monoisotopic (exact) mass is 279 g/mol. The van der Waals surface area contributed by atoms with Gasteiger partial charge in [0.25, 0.3) is 0 Å². The number of pyridine rings is 1. The molecule has 0 N–H and O–H groups in total. The van der Waals surface area contributed by atoms with Gasteiger partial charge in [0.1, 0.15) is 5.70 Å². The highest BCUT2D eigenvalue weighted by molar-refractivity contribution is 5.68. The van der Waals surface area contributed by atoms with Crippen LogP contribution in [0.3, 0.4) is 0 Å². The van der Waals surface area contributed by atoms with Crippen molar-refractivity contribution in [1.29, 1.82) is 0 Å². The van der Waals surface area contributed by atoms with E-state index >= 15 is 0 Å². The third kappa shape index (κ3) is 3.85. The lowest BCUT2D eigenvalue weighted by Crippen LogP contribution is -1.90. The van der Waals surface area contributed by atoms with E-state index in [1.807, 2.05) is 26.1 Å². The second-order valence-corrected chi connectivity index (χ2v) is 5.51. The van der Waals surface area contributed by atoms with Gasteiger partial charge in [0, 0.05) is 11.8 Å². The fourth-order valence-corrected chi connectivity index (χ4v) is 2.10. The topological polar surface area (TPSA) is 37.6 Å². The van der Waals surface area contributed by atoms with Gasteiger partial charge in [0.05, 0.1) is 11.7 Å². The van der Waals surface area contributed by atoms with Crippen LogP contribution in [-0.2, 0) is 0 Å². The number of benzene rings is 1. The average molecular weight is 279 g/mol. The van der Waals surface area contributed by atoms with Crippen LogP contribution in [0.4, 0.5) is 0 Å². The number of azo groups is 1. The molecule has 3 nitrogen and oxygen atoms in total. The first-order valence-electron chi connectivity index (χ1n) is 7.11. The molecule has 0 saturated heterocycles. The molecule has 0 atom stereocenters. The van der Waals surface area contributed by atoms with Gasteiger partial charge in [-0.15, -0.1) is 0 Å². The highest BCUT2D eigenvalue weighted by Crippen LogP contribution is 2.24. The van der Waals surface area contributed by atoms with E-state index in [0.717, 1.165) is 11.3 Å². The van der Waals surface area contributed by atoms with Crippen molar-refractivity contribution >= 4 is 5.70 Å². The van der Waals surface area contributed by atoms with E-state index in [2.05, 4.69) is 59.9 Å². The van der Waals surface area contributed by atoms with Crippen molar-refractivity contribution in [2.45, 2.75) is 33.7 Å². The minimum atomic E-state index is 0.163. The van der Waals surface area contributed by atoms with E-state index in [1.165, 1.54) is 16.7 Å². The molecule has 1 heterocycles. The maximum atomic E-state index is 4.44. The third-order valence-corrected chi connectivity index (χ3v) is 3.16. The fourth-order valence-electron chi connectivity index (χ4n) is 2.10. The van der Waals surface area contributed by atoms with Crippen LogP contribution >= 0.6 is 0 Å². The molecular formula is C18H21N3. The molecule has 2 rings (SSSR count). The molecule has 0 radical (unpaired) electrons. The van der Waals surface area contributed by atoms with Gasteiger partial charge in [-0.1, -0.05) is 36.4 Å². The summed E-state index contributed by atoms with van der Waals surface area (Å²) in [5.74, 6) is 0. The molecule has 1 aromatic carbocycles. The molecule has 0 bridgehead atoms. The lowest BCUT2D eigenvalue weighted by Gasteiger charge is -2.07. The summed E-state index contributed by atoms with van der Waals surface area (Å²) in [5, 5.41) is 8.18. The SMILES string of the molecule is C=C(N=NC(C)C)c1ccc(-c2ccc(C)cc2C)cn1. The van der Waals surface area contributed by atoms with Gasteiger partial charge in [-0.2, -0.15) is 10.2 Å². The Morgan fingerprint density at radius 1 is 1.14 bits per heavy atom. The highest BCUT2D eigenvalue weighted by Gasteiger charge is 2.04. The molecule has 0 unspecified atom stereocenters. The summed E-state index contributed by atoms with van der Waals surface area (Å²) in [7, 11) is 0. The quantitative estimate of drug-likeness (QED) is 0.709. The van der Waals surface area contributed by atoms with Crippen molar-refractivity contribution in [1.82, 2.24) is 4.98 Å². The lowest BCUT2D eigenvalue weighted by atomic mass is 10.00. The first-order chi connectivity index (χ1) is 9.97. The molecule has 0 amide bonds. The summed E-state index contributed by atoms with van der Waals surface area (Å²) in [6, 6.07) is 10.6. The molecule has 3 heteroatoms. The third-order valence-electron chi connectivity index (χ3n) is 3.16. The Kier molecular flexibility index (Phi) is 4.63. The number of aromatic nitrogens is 1. The highest BCUT2D eigenvalue weighted by atomic mass is 15.1. The van der Waals surface area contributed by atoms with Crippen molar-refractivity contribution in [2.24, 2.45) is 10.2 Å². The summed E-state index contributed by atoms with van der Waals surface area (Å²) in [5.41, 5.74) is 6.17. The number of rotatable bonds is 4. The van der Waals surface area contributed by atoms with Gasteiger partial charge in [0.2, 0.25) is 0 Å². The van der Waals surface area contributed by atoms with Crippen molar-refractivity contribution in [2.75, 3.05) is 0 Å². The molecule has 0 aliphatic carbocycles. The predicted molar refractivity (Wildman–Crippen MR) is 88.2 cm³/mol. The van der Waals surface area contributed by atoms with Crippen molar-refractivity contribution < 1.29 is 0 Å². The van der Waals surface area contributed by atoms with Crippen molar-refractivity contribution in [3.63, 3.8) is 0 Å². The summed E-state index contributed by atoms with van der Waals surface area (Å²) in [6.45, 7) is 12.1. The van der Waals surface area contributed by atoms with Gasteiger partial charge in [0.15, 0.2) is 0 Å². The Balaban J connectivity index is 2.24. The molecular weight excluding hydrogens is 258 g/mol. The Bertz CT molecular complexity index is 667. The number of hydrogen-bond donors (Lipinski definition) is 0. The van der Waals surface area contributed by atoms with Crippen LogP contribution in [0.2, 0.25) is 0 Å². The number of hydrogen-bond acceptors (Lipinski definition) is 3. The van der Waals surface area contributed by atoms with E-state index in [0.29, 0.717) is 5.70 Å². The van der Waals surface area contributed by atoms with Crippen molar-refractivity contribution in [3.8, 4) is 11.1 Å². The lowest BCUT2D eigenvalue weighted by molar-refractivity contribution is 0.780. The standard InChI is InChI=1S/C18H21N3/c1-12(2)20-21-15(5)18-9-7-16(11-19-18)17-8-6-13(3)10-14(17)4/h6-12H,5H2,1-4H3. The maximum absolute atomic E-state index is 4.44. The zero-order valence-corrected chi connectivity index (χ0v) is 13.1. The molecule has 0 aliphatic heterocycles. The first-order valence-corrected chi connectivity index (χ1v) is 7.11. The van der Waals surface area contributed by atoms with Gasteiger partial charge in [-0.3, -0.25) is 4.98 Å². The Morgan fingerprint density at radius 3 is 2.48 bits per heavy atom. The largest absolute Gasteiger partial charge is 0.254 e. The zero-order valence-electron chi connectivity index (χ0n) is 13.1. The average Bonchev–Trinajstić information content (AvgIpc) is 2.45. The van der Waals surface area contributed by atoms with Gasteiger partial charge in [-0.25, -0.2) is 0 Å². The van der Waals surface area contributed by atoms with Crippen LogP contribution in [0, 0.1) is 13.8 Å². The Hall–Kier alpha value is -2.29. The zero-order chi connectivity index (χ0) is 15.4. The Labute approximate surface area is 126 Å². The van der Waals surface area contributed by atoms with Crippen LogP contribution in [-0.4, -0.2) is 11.0 Å². The van der Waals surface area contributed by atoms with Gasteiger partial charge in [-0.05, 0) is 44.9 Å². The predicted octanol–water partition coefficient (Wildman–Crippen LogP) is 5.20. The normalized spacial score (nSPS) is 11.3. The minimum Gasteiger partial charge on any atom is -0.254 e. The Morgan fingerprint density at radius 2 is 1.90 bits per heavy atom. The molecule has 2 aromatic rings. The minimum absolute atomic E-state index is 0.163. The van der Waals surface area contributed by atoms with Crippen LogP contribution in [0.15, 0.2) is 53.3 Å². The molecule has 0 fully saturated rings. The van der Waals surface area contributed by atoms with Crippen LogP contribution in [0.5, 0.6) is 0 Å². The second kappa shape index (κ2) is 6.44. The van der Waals surface area contributed by atoms with E-state index in [4.69, 9.17) is 0 Å². The summed E-state index contributed by atoms with van der Waals surface area (Å²) in [6.07, 6.45) is 1.86. The summed E-state index contributed by atoms with van der Waals surface area (Å²) in [4.78, 5) is 4.44. The maximum Gasteiger partial charge on any atom is 0.104 e. The fraction of sp³-hybridized carbons (Fsp3) is 0.278. The number of nitrogens with zero attached hydrogens (tertiary/aromatic N) is 3. The molecule has 0 spiro atoms. The smallest absolute Gasteiger partial charge is 0.104 e. The molecule has 0 saturated carbocycles. The van der Waals surface area contributed by atoms with Crippen LogP contribution < -0.4 is 0 Å². The van der Waals surface area contributed by atoms with E-state index < -0.39 is 0 Å². The van der Waals surface area contributed by atoms with Gasteiger partial charge >= 0.3 is 0 Å². The molecule has 1 aromatic heterocycles.